The first kappa shape index (κ1) is 11.1. The van der Waals surface area contributed by atoms with Gasteiger partial charge in [0.05, 0.1) is 12.1 Å². The highest BCUT2D eigenvalue weighted by Crippen LogP contribution is 2.19. The van der Waals surface area contributed by atoms with E-state index < -0.39 is 12.1 Å². The molecule has 1 rings (SSSR count). The van der Waals surface area contributed by atoms with Crippen molar-refractivity contribution in [1.82, 2.24) is 0 Å². The van der Waals surface area contributed by atoms with Gasteiger partial charge in [0, 0.05) is 5.56 Å². The molecule has 78 valence electrons. The molecule has 2 nitrogen and oxygen atoms in total. The van der Waals surface area contributed by atoms with Crippen molar-refractivity contribution >= 4 is 0 Å². The molecule has 0 aliphatic carbocycles. The second-order valence-corrected chi connectivity index (χ2v) is 3.40. The number of hydrogen-bond acceptors (Lipinski definition) is 2. The lowest BCUT2D eigenvalue weighted by Crippen LogP contribution is -2.26. The molecule has 0 saturated heterocycles. The summed E-state index contributed by atoms with van der Waals surface area (Å²) < 4.78 is 13.2. The van der Waals surface area contributed by atoms with Gasteiger partial charge in [-0.25, -0.2) is 4.39 Å². The number of nitrogens with two attached hydrogens (primary N) is 1. The van der Waals surface area contributed by atoms with Crippen molar-refractivity contribution in [3.05, 3.63) is 35.6 Å². The Labute approximate surface area is 83.6 Å². The molecule has 3 N–H and O–H groups in total. The van der Waals surface area contributed by atoms with Gasteiger partial charge >= 0.3 is 0 Å². The molecule has 1 aromatic rings. The minimum Gasteiger partial charge on any atom is -0.391 e. The SMILES string of the molecule is CCC[C@@H](O)[C@@H](N)c1ccccc1F. The van der Waals surface area contributed by atoms with Gasteiger partial charge in [-0.1, -0.05) is 31.5 Å². The first-order valence-electron chi connectivity index (χ1n) is 4.85. The summed E-state index contributed by atoms with van der Waals surface area (Å²) in [7, 11) is 0. The van der Waals surface area contributed by atoms with Gasteiger partial charge < -0.3 is 10.8 Å². The maximum atomic E-state index is 13.2. The lowest BCUT2D eigenvalue weighted by Gasteiger charge is -2.18. The summed E-state index contributed by atoms with van der Waals surface area (Å²) in [6.45, 7) is 1.96. The first-order valence-corrected chi connectivity index (χ1v) is 4.85. The molecule has 1 aromatic carbocycles. The van der Waals surface area contributed by atoms with E-state index in [-0.39, 0.29) is 5.82 Å². The van der Waals surface area contributed by atoms with E-state index in [1.54, 1.807) is 18.2 Å². The third-order valence-corrected chi connectivity index (χ3v) is 2.26. The summed E-state index contributed by atoms with van der Waals surface area (Å²) in [4.78, 5) is 0. The highest BCUT2D eigenvalue weighted by molar-refractivity contribution is 5.21. The summed E-state index contributed by atoms with van der Waals surface area (Å²) in [6, 6.07) is 5.66. The molecule has 0 aliphatic rings. The Hall–Kier alpha value is -0.930. The van der Waals surface area contributed by atoms with Crippen molar-refractivity contribution in [1.29, 1.82) is 0 Å². The Morgan fingerprint density at radius 2 is 2.07 bits per heavy atom. The van der Waals surface area contributed by atoms with E-state index in [1.807, 2.05) is 6.92 Å². The van der Waals surface area contributed by atoms with Gasteiger partial charge in [-0.2, -0.15) is 0 Å². The zero-order valence-electron chi connectivity index (χ0n) is 8.28. The van der Waals surface area contributed by atoms with E-state index in [0.717, 1.165) is 6.42 Å². The van der Waals surface area contributed by atoms with Crippen molar-refractivity contribution in [2.75, 3.05) is 0 Å². The minimum absolute atomic E-state index is 0.352. The average molecular weight is 197 g/mol. The molecule has 3 heteroatoms. The van der Waals surface area contributed by atoms with Gasteiger partial charge in [0.25, 0.3) is 0 Å². The number of aliphatic hydroxyl groups excluding tert-OH is 1. The summed E-state index contributed by atoms with van der Waals surface area (Å²) in [5.41, 5.74) is 6.12. The quantitative estimate of drug-likeness (QED) is 0.775. The van der Waals surface area contributed by atoms with Crippen LogP contribution in [-0.4, -0.2) is 11.2 Å². The molecule has 14 heavy (non-hydrogen) atoms. The monoisotopic (exact) mass is 197 g/mol. The van der Waals surface area contributed by atoms with Gasteiger partial charge in [0.1, 0.15) is 5.82 Å². The number of halogens is 1. The summed E-state index contributed by atoms with van der Waals surface area (Å²) in [6.07, 6.45) is 0.760. The van der Waals surface area contributed by atoms with Crippen LogP contribution in [0.15, 0.2) is 24.3 Å². The Morgan fingerprint density at radius 1 is 1.43 bits per heavy atom. The van der Waals surface area contributed by atoms with Gasteiger partial charge in [0.15, 0.2) is 0 Å². The molecule has 0 saturated carbocycles. The van der Waals surface area contributed by atoms with Crippen molar-refractivity contribution in [3.8, 4) is 0 Å². The van der Waals surface area contributed by atoms with Gasteiger partial charge in [0.2, 0.25) is 0 Å². The third-order valence-electron chi connectivity index (χ3n) is 2.26. The summed E-state index contributed by atoms with van der Waals surface area (Å²) in [5, 5.41) is 9.60. The lowest BCUT2D eigenvalue weighted by molar-refractivity contribution is 0.133. The molecule has 0 amide bonds. The molecule has 0 fully saturated rings. The molecular weight excluding hydrogens is 181 g/mol. The average Bonchev–Trinajstić information content (AvgIpc) is 2.18. The molecule has 0 aromatic heterocycles. The maximum absolute atomic E-state index is 13.2. The standard InChI is InChI=1S/C11H16FNO/c1-2-5-10(14)11(13)8-6-3-4-7-9(8)12/h3-4,6-7,10-11,14H,2,5,13H2,1H3/t10-,11+/m1/s1. The highest BCUT2D eigenvalue weighted by atomic mass is 19.1. The number of aliphatic hydroxyl groups is 1. The minimum atomic E-state index is -0.670. The van der Waals surface area contributed by atoms with E-state index in [0.29, 0.717) is 12.0 Å². The predicted molar refractivity (Wildman–Crippen MR) is 54.2 cm³/mol. The molecule has 0 heterocycles. The Balaban J connectivity index is 2.78. The highest BCUT2D eigenvalue weighted by Gasteiger charge is 2.18. The van der Waals surface area contributed by atoms with Crippen LogP contribution in [0.4, 0.5) is 4.39 Å². The zero-order valence-corrected chi connectivity index (χ0v) is 8.28. The van der Waals surface area contributed by atoms with Crippen LogP contribution in [0.1, 0.15) is 31.4 Å². The second kappa shape index (κ2) is 5.08. The smallest absolute Gasteiger partial charge is 0.128 e. The van der Waals surface area contributed by atoms with E-state index in [1.165, 1.54) is 6.07 Å². The van der Waals surface area contributed by atoms with Crippen molar-refractivity contribution < 1.29 is 9.50 Å². The molecule has 0 spiro atoms. The van der Waals surface area contributed by atoms with Gasteiger partial charge in [-0.3, -0.25) is 0 Å². The van der Waals surface area contributed by atoms with Crippen LogP contribution in [0, 0.1) is 5.82 Å². The molecular formula is C11H16FNO. The van der Waals surface area contributed by atoms with Gasteiger partial charge in [-0.15, -0.1) is 0 Å². The van der Waals surface area contributed by atoms with Crippen molar-refractivity contribution in [3.63, 3.8) is 0 Å². The fourth-order valence-corrected chi connectivity index (χ4v) is 1.43. The van der Waals surface area contributed by atoms with E-state index in [4.69, 9.17) is 5.73 Å². The van der Waals surface area contributed by atoms with Crippen LogP contribution in [0.5, 0.6) is 0 Å². The number of hydrogen-bond donors (Lipinski definition) is 2. The van der Waals surface area contributed by atoms with E-state index in [9.17, 15) is 9.50 Å². The van der Waals surface area contributed by atoms with Crippen LogP contribution >= 0.6 is 0 Å². The lowest BCUT2D eigenvalue weighted by atomic mass is 9.99. The summed E-state index contributed by atoms with van der Waals surface area (Å²) in [5.74, 6) is -0.352. The van der Waals surface area contributed by atoms with Crippen LogP contribution < -0.4 is 5.73 Å². The second-order valence-electron chi connectivity index (χ2n) is 3.40. The molecule has 0 unspecified atom stereocenters. The van der Waals surface area contributed by atoms with Gasteiger partial charge in [-0.05, 0) is 12.5 Å². The molecule has 0 radical (unpaired) electrons. The number of benzene rings is 1. The Bertz CT molecular complexity index is 290. The molecule has 2 atom stereocenters. The largest absolute Gasteiger partial charge is 0.391 e. The Kier molecular flexibility index (Phi) is 4.04. The first-order chi connectivity index (χ1) is 6.66. The van der Waals surface area contributed by atoms with E-state index in [2.05, 4.69) is 0 Å². The van der Waals surface area contributed by atoms with E-state index >= 15 is 0 Å². The normalized spacial score (nSPS) is 15.1. The topological polar surface area (TPSA) is 46.2 Å². The van der Waals surface area contributed by atoms with Crippen molar-refractivity contribution in [2.45, 2.75) is 31.9 Å². The van der Waals surface area contributed by atoms with Crippen LogP contribution in [0.25, 0.3) is 0 Å². The predicted octanol–water partition coefficient (Wildman–Crippen LogP) is 1.99. The number of rotatable bonds is 4. The van der Waals surface area contributed by atoms with Crippen LogP contribution in [0.2, 0.25) is 0 Å². The fraction of sp³-hybridized carbons (Fsp3) is 0.455. The maximum Gasteiger partial charge on any atom is 0.128 e. The zero-order chi connectivity index (χ0) is 10.6. The Morgan fingerprint density at radius 3 is 2.64 bits per heavy atom. The fourth-order valence-electron chi connectivity index (χ4n) is 1.43. The summed E-state index contributed by atoms with van der Waals surface area (Å²) >= 11 is 0. The third kappa shape index (κ3) is 2.53. The van der Waals surface area contributed by atoms with Crippen molar-refractivity contribution in [2.24, 2.45) is 5.73 Å². The van der Waals surface area contributed by atoms with Crippen LogP contribution in [0.3, 0.4) is 0 Å². The van der Waals surface area contributed by atoms with Crippen LogP contribution in [-0.2, 0) is 0 Å². The molecule has 0 bridgehead atoms. The molecule has 0 aliphatic heterocycles.